The molecule has 16 heavy (non-hydrogen) atoms. The van der Waals surface area contributed by atoms with Crippen molar-refractivity contribution in [3.63, 3.8) is 0 Å². The number of rotatable bonds is 1. The van der Waals surface area contributed by atoms with E-state index in [2.05, 4.69) is 15.9 Å². The van der Waals surface area contributed by atoms with Crippen molar-refractivity contribution < 1.29 is 9.47 Å². The van der Waals surface area contributed by atoms with E-state index in [9.17, 15) is 0 Å². The van der Waals surface area contributed by atoms with Crippen LogP contribution in [0.1, 0.15) is 31.9 Å². The smallest absolute Gasteiger partial charge is 0.139 e. The maximum Gasteiger partial charge on any atom is 0.139 e. The standard InChI is InChI=1S/C12H16BrNO2/c1-12(2)6-10(14)8-4-7(15-3)5-9(13)11(8)16-12/h4-5,10H,6,14H2,1-3H3. The van der Waals surface area contributed by atoms with Gasteiger partial charge in [-0.1, -0.05) is 0 Å². The van der Waals surface area contributed by atoms with Crippen LogP contribution in [-0.4, -0.2) is 12.7 Å². The van der Waals surface area contributed by atoms with Gasteiger partial charge in [0, 0.05) is 18.0 Å². The predicted molar refractivity (Wildman–Crippen MR) is 66.9 cm³/mol. The van der Waals surface area contributed by atoms with Gasteiger partial charge in [0.2, 0.25) is 0 Å². The maximum atomic E-state index is 6.16. The lowest BCUT2D eigenvalue weighted by atomic mass is 9.90. The Morgan fingerprint density at radius 3 is 2.81 bits per heavy atom. The van der Waals surface area contributed by atoms with E-state index in [4.69, 9.17) is 15.2 Å². The molecule has 0 amide bonds. The van der Waals surface area contributed by atoms with Crippen molar-refractivity contribution in [3.05, 3.63) is 22.2 Å². The number of benzene rings is 1. The molecule has 1 heterocycles. The molecule has 2 N–H and O–H groups in total. The zero-order valence-corrected chi connectivity index (χ0v) is 11.3. The molecular weight excluding hydrogens is 270 g/mol. The van der Waals surface area contributed by atoms with Gasteiger partial charge in [0.05, 0.1) is 11.6 Å². The summed E-state index contributed by atoms with van der Waals surface area (Å²) in [5.41, 5.74) is 6.94. The fourth-order valence-electron chi connectivity index (χ4n) is 2.05. The van der Waals surface area contributed by atoms with Crippen LogP contribution in [0.2, 0.25) is 0 Å². The van der Waals surface area contributed by atoms with Crippen molar-refractivity contribution in [1.29, 1.82) is 0 Å². The molecule has 0 bridgehead atoms. The van der Waals surface area contributed by atoms with Crippen molar-refractivity contribution in [3.8, 4) is 11.5 Å². The summed E-state index contributed by atoms with van der Waals surface area (Å²) in [4.78, 5) is 0. The number of hydrogen-bond donors (Lipinski definition) is 1. The van der Waals surface area contributed by atoms with Gasteiger partial charge in [-0.2, -0.15) is 0 Å². The number of hydrogen-bond acceptors (Lipinski definition) is 3. The van der Waals surface area contributed by atoms with Crippen LogP contribution in [0.25, 0.3) is 0 Å². The molecule has 0 spiro atoms. The first kappa shape index (κ1) is 11.7. The van der Waals surface area contributed by atoms with E-state index in [-0.39, 0.29) is 11.6 Å². The van der Waals surface area contributed by atoms with E-state index in [0.29, 0.717) is 0 Å². The van der Waals surface area contributed by atoms with Gasteiger partial charge in [-0.3, -0.25) is 0 Å². The Hall–Kier alpha value is -0.740. The van der Waals surface area contributed by atoms with Crippen LogP contribution >= 0.6 is 15.9 Å². The second-order valence-electron chi connectivity index (χ2n) is 4.70. The lowest BCUT2D eigenvalue weighted by molar-refractivity contribution is 0.0716. The van der Waals surface area contributed by atoms with Crippen molar-refractivity contribution in [1.82, 2.24) is 0 Å². The van der Waals surface area contributed by atoms with Gasteiger partial charge in [-0.25, -0.2) is 0 Å². The third-order valence-electron chi connectivity index (χ3n) is 2.77. The molecule has 0 fully saturated rings. The lowest BCUT2D eigenvalue weighted by Gasteiger charge is -2.36. The number of nitrogens with two attached hydrogens (primary N) is 1. The molecule has 1 unspecified atom stereocenters. The van der Waals surface area contributed by atoms with Crippen LogP contribution in [0.4, 0.5) is 0 Å². The van der Waals surface area contributed by atoms with E-state index in [1.54, 1.807) is 7.11 Å². The van der Waals surface area contributed by atoms with Crippen molar-refractivity contribution in [2.24, 2.45) is 5.73 Å². The lowest BCUT2D eigenvalue weighted by Crippen LogP contribution is -2.37. The van der Waals surface area contributed by atoms with Gasteiger partial charge in [0.25, 0.3) is 0 Å². The van der Waals surface area contributed by atoms with Gasteiger partial charge in [0.1, 0.15) is 17.1 Å². The monoisotopic (exact) mass is 285 g/mol. The van der Waals surface area contributed by atoms with Gasteiger partial charge >= 0.3 is 0 Å². The van der Waals surface area contributed by atoms with Crippen LogP contribution in [0.15, 0.2) is 16.6 Å². The Kier molecular flexibility index (Phi) is 2.88. The minimum absolute atomic E-state index is 0.00912. The van der Waals surface area contributed by atoms with Gasteiger partial charge in [-0.15, -0.1) is 0 Å². The van der Waals surface area contributed by atoms with Crippen molar-refractivity contribution in [2.75, 3.05) is 7.11 Å². The second kappa shape index (κ2) is 3.93. The molecule has 3 nitrogen and oxygen atoms in total. The van der Waals surface area contributed by atoms with E-state index in [1.807, 2.05) is 26.0 Å². The van der Waals surface area contributed by atoms with Crippen LogP contribution in [0, 0.1) is 0 Å². The molecule has 1 atom stereocenters. The molecule has 1 aliphatic rings. The molecule has 0 aliphatic carbocycles. The zero-order valence-electron chi connectivity index (χ0n) is 9.71. The minimum atomic E-state index is -0.219. The summed E-state index contributed by atoms with van der Waals surface area (Å²) < 4.78 is 12.1. The van der Waals surface area contributed by atoms with E-state index < -0.39 is 0 Å². The fraction of sp³-hybridized carbons (Fsp3) is 0.500. The van der Waals surface area contributed by atoms with Gasteiger partial charge in [-0.05, 0) is 41.9 Å². The summed E-state index contributed by atoms with van der Waals surface area (Å²) in [6, 6.07) is 3.83. The van der Waals surface area contributed by atoms with Crippen LogP contribution < -0.4 is 15.2 Å². The molecular formula is C12H16BrNO2. The highest BCUT2D eigenvalue weighted by Gasteiger charge is 2.33. The first-order valence-electron chi connectivity index (χ1n) is 5.25. The van der Waals surface area contributed by atoms with Crippen LogP contribution in [0.3, 0.4) is 0 Å². The maximum absolute atomic E-state index is 6.16. The Labute approximate surface area is 104 Å². The average Bonchev–Trinajstić information content (AvgIpc) is 2.18. The highest BCUT2D eigenvalue weighted by molar-refractivity contribution is 9.10. The molecule has 1 aromatic carbocycles. The fourth-order valence-corrected chi connectivity index (χ4v) is 2.58. The number of ether oxygens (including phenoxy) is 2. The van der Waals surface area contributed by atoms with Crippen molar-refractivity contribution >= 4 is 15.9 Å². The first-order valence-corrected chi connectivity index (χ1v) is 6.04. The summed E-state index contributed by atoms with van der Waals surface area (Å²) in [5, 5.41) is 0. The third kappa shape index (κ3) is 2.04. The Bertz CT molecular complexity index is 418. The summed E-state index contributed by atoms with van der Waals surface area (Å²) in [5.74, 6) is 1.63. The molecule has 1 aromatic rings. The van der Waals surface area contributed by atoms with Crippen LogP contribution in [-0.2, 0) is 0 Å². The molecule has 0 radical (unpaired) electrons. The van der Waals surface area contributed by atoms with Gasteiger partial charge < -0.3 is 15.2 Å². The number of fused-ring (bicyclic) bond motifs is 1. The Morgan fingerprint density at radius 2 is 2.19 bits per heavy atom. The summed E-state index contributed by atoms with van der Waals surface area (Å²) in [7, 11) is 1.65. The van der Waals surface area contributed by atoms with Crippen molar-refractivity contribution in [2.45, 2.75) is 31.9 Å². The molecule has 0 aromatic heterocycles. The highest BCUT2D eigenvalue weighted by atomic mass is 79.9. The normalized spacial score (nSPS) is 22.2. The average molecular weight is 286 g/mol. The predicted octanol–water partition coefficient (Wildman–Crippen LogP) is 3.02. The summed E-state index contributed by atoms with van der Waals surface area (Å²) in [6.45, 7) is 4.10. The van der Waals surface area contributed by atoms with E-state index >= 15 is 0 Å². The van der Waals surface area contributed by atoms with Crippen LogP contribution in [0.5, 0.6) is 11.5 Å². The second-order valence-corrected chi connectivity index (χ2v) is 5.55. The topological polar surface area (TPSA) is 44.5 Å². The molecule has 2 rings (SSSR count). The summed E-state index contributed by atoms with van der Waals surface area (Å²) >= 11 is 3.49. The number of methoxy groups -OCH3 is 1. The first-order chi connectivity index (χ1) is 7.43. The third-order valence-corrected chi connectivity index (χ3v) is 3.36. The molecule has 0 saturated carbocycles. The number of halogens is 1. The Morgan fingerprint density at radius 1 is 1.50 bits per heavy atom. The SMILES string of the molecule is COc1cc(Br)c2c(c1)C(N)CC(C)(C)O2. The van der Waals surface area contributed by atoms with E-state index in [1.165, 1.54) is 0 Å². The largest absolute Gasteiger partial charge is 0.497 e. The highest BCUT2D eigenvalue weighted by Crippen LogP contribution is 2.44. The molecule has 0 saturated heterocycles. The summed E-state index contributed by atoms with van der Waals surface area (Å²) in [6.07, 6.45) is 0.805. The van der Waals surface area contributed by atoms with E-state index in [0.717, 1.165) is 28.0 Å². The van der Waals surface area contributed by atoms with Gasteiger partial charge in [0.15, 0.2) is 0 Å². The quantitative estimate of drug-likeness (QED) is 0.863. The molecule has 4 heteroatoms. The zero-order chi connectivity index (χ0) is 11.9. The molecule has 1 aliphatic heterocycles. The minimum Gasteiger partial charge on any atom is -0.497 e. The molecule has 88 valence electrons. The Balaban J connectivity index is 2.52.